The van der Waals surface area contributed by atoms with Gasteiger partial charge in [0, 0.05) is 33.5 Å². The van der Waals surface area contributed by atoms with Crippen LogP contribution in [0, 0.1) is 0 Å². The third kappa shape index (κ3) is 2.75. The minimum Gasteiger partial charge on any atom is -0.497 e. The van der Waals surface area contributed by atoms with Crippen LogP contribution in [-0.4, -0.2) is 24.7 Å². The van der Waals surface area contributed by atoms with Crippen LogP contribution in [0.15, 0.2) is 72.8 Å². The SMILES string of the molecule is COc1ccc2c(c1)/C(=C\c1c(OC)n(-c3ccccc3)c3ccccc13)C(=O)N2. The first-order valence-electron chi connectivity index (χ1n) is 9.65. The van der Waals surface area contributed by atoms with E-state index in [4.69, 9.17) is 9.47 Å². The number of nitrogens with zero attached hydrogens (tertiary/aromatic N) is 1. The Bertz CT molecular complexity index is 1300. The molecule has 0 spiro atoms. The van der Waals surface area contributed by atoms with Gasteiger partial charge in [0.1, 0.15) is 5.75 Å². The van der Waals surface area contributed by atoms with Crippen LogP contribution in [0.5, 0.6) is 11.6 Å². The second-order valence-electron chi connectivity index (χ2n) is 7.03. The molecule has 0 aliphatic carbocycles. The number of amides is 1. The number of nitrogens with one attached hydrogen (secondary N) is 1. The molecule has 1 amide bonds. The number of anilines is 1. The maximum Gasteiger partial charge on any atom is 0.256 e. The Hall–Kier alpha value is -3.99. The van der Waals surface area contributed by atoms with E-state index in [-0.39, 0.29) is 5.91 Å². The molecule has 0 atom stereocenters. The molecule has 1 aromatic heterocycles. The van der Waals surface area contributed by atoms with Crippen molar-refractivity contribution in [1.82, 2.24) is 4.57 Å². The van der Waals surface area contributed by atoms with Crippen LogP contribution in [0.25, 0.3) is 28.2 Å². The molecule has 148 valence electrons. The zero-order valence-electron chi connectivity index (χ0n) is 16.7. The summed E-state index contributed by atoms with van der Waals surface area (Å²) in [6.45, 7) is 0. The summed E-state index contributed by atoms with van der Waals surface area (Å²) in [4.78, 5) is 12.8. The summed E-state index contributed by atoms with van der Waals surface area (Å²) < 4.78 is 13.3. The van der Waals surface area contributed by atoms with Gasteiger partial charge in [-0.3, -0.25) is 9.36 Å². The van der Waals surface area contributed by atoms with Crippen LogP contribution in [0.4, 0.5) is 5.69 Å². The predicted molar refractivity (Wildman–Crippen MR) is 119 cm³/mol. The van der Waals surface area contributed by atoms with Crippen molar-refractivity contribution in [2.75, 3.05) is 19.5 Å². The van der Waals surface area contributed by atoms with Gasteiger partial charge in [-0.15, -0.1) is 0 Å². The van der Waals surface area contributed by atoms with Crippen LogP contribution < -0.4 is 14.8 Å². The highest BCUT2D eigenvalue weighted by molar-refractivity contribution is 6.35. The summed E-state index contributed by atoms with van der Waals surface area (Å²) in [6.07, 6.45) is 1.90. The van der Waals surface area contributed by atoms with Crippen molar-refractivity contribution >= 4 is 34.1 Å². The highest BCUT2D eigenvalue weighted by Gasteiger charge is 2.27. The lowest BCUT2D eigenvalue weighted by Gasteiger charge is -2.10. The highest BCUT2D eigenvalue weighted by Crippen LogP contribution is 2.41. The average Bonchev–Trinajstić information content (AvgIpc) is 3.28. The van der Waals surface area contributed by atoms with Crippen molar-refractivity contribution in [3.8, 4) is 17.3 Å². The van der Waals surface area contributed by atoms with Crippen molar-refractivity contribution in [2.45, 2.75) is 0 Å². The van der Waals surface area contributed by atoms with E-state index in [1.807, 2.05) is 72.8 Å². The van der Waals surface area contributed by atoms with Gasteiger partial charge >= 0.3 is 0 Å². The van der Waals surface area contributed by atoms with Crippen LogP contribution in [-0.2, 0) is 4.79 Å². The Kier molecular flexibility index (Phi) is 4.29. The van der Waals surface area contributed by atoms with E-state index in [1.165, 1.54) is 0 Å². The van der Waals surface area contributed by atoms with Gasteiger partial charge in [0.25, 0.3) is 5.91 Å². The van der Waals surface area contributed by atoms with Crippen LogP contribution >= 0.6 is 0 Å². The van der Waals surface area contributed by atoms with E-state index in [9.17, 15) is 4.79 Å². The molecule has 2 heterocycles. The number of rotatable bonds is 4. The summed E-state index contributed by atoms with van der Waals surface area (Å²) in [6, 6.07) is 23.7. The first-order chi connectivity index (χ1) is 14.7. The molecule has 0 bridgehead atoms. The van der Waals surface area contributed by atoms with Gasteiger partial charge in [-0.1, -0.05) is 36.4 Å². The van der Waals surface area contributed by atoms with Crippen molar-refractivity contribution in [3.63, 3.8) is 0 Å². The molecule has 1 N–H and O–H groups in total. The number of carbonyl (C=O) groups is 1. The molecule has 0 saturated heterocycles. The van der Waals surface area contributed by atoms with Gasteiger partial charge in [0.15, 0.2) is 0 Å². The predicted octanol–water partition coefficient (Wildman–Crippen LogP) is 5.14. The van der Waals surface area contributed by atoms with Crippen LogP contribution in [0.1, 0.15) is 11.1 Å². The molecule has 0 radical (unpaired) electrons. The fraction of sp³-hybridized carbons (Fsp3) is 0.0800. The average molecular weight is 396 g/mol. The maximum atomic E-state index is 12.8. The molecule has 4 aromatic rings. The Morgan fingerprint density at radius 2 is 1.67 bits per heavy atom. The normalized spacial score (nSPS) is 14.1. The quantitative estimate of drug-likeness (QED) is 0.486. The Labute approximate surface area is 174 Å². The number of ether oxygens (including phenoxy) is 2. The number of hydrogen-bond donors (Lipinski definition) is 1. The van der Waals surface area contributed by atoms with Crippen LogP contribution in [0.2, 0.25) is 0 Å². The molecule has 0 fully saturated rings. The zero-order valence-corrected chi connectivity index (χ0v) is 16.7. The summed E-state index contributed by atoms with van der Waals surface area (Å²) in [5.41, 5.74) is 5.04. The third-order valence-corrected chi connectivity index (χ3v) is 5.37. The zero-order chi connectivity index (χ0) is 20.7. The van der Waals surface area contributed by atoms with Crippen molar-refractivity contribution in [2.24, 2.45) is 0 Å². The highest BCUT2D eigenvalue weighted by atomic mass is 16.5. The summed E-state index contributed by atoms with van der Waals surface area (Å²) in [5, 5.41) is 3.94. The molecule has 3 aromatic carbocycles. The van der Waals surface area contributed by atoms with E-state index < -0.39 is 0 Å². The largest absolute Gasteiger partial charge is 0.497 e. The first kappa shape index (κ1) is 18.1. The van der Waals surface area contributed by atoms with Gasteiger partial charge < -0.3 is 14.8 Å². The lowest BCUT2D eigenvalue weighted by molar-refractivity contribution is -0.110. The fourth-order valence-corrected chi connectivity index (χ4v) is 4.00. The maximum absolute atomic E-state index is 12.8. The second-order valence-corrected chi connectivity index (χ2v) is 7.03. The molecule has 5 heteroatoms. The Morgan fingerprint density at radius 3 is 2.43 bits per heavy atom. The smallest absolute Gasteiger partial charge is 0.256 e. The van der Waals surface area contributed by atoms with E-state index >= 15 is 0 Å². The van der Waals surface area contributed by atoms with Gasteiger partial charge in [-0.25, -0.2) is 0 Å². The molecule has 0 saturated carbocycles. The number of carbonyl (C=O) groups excluding carboxylic acids is 1. The summed E-state index contributed by atoms with van der Waals surface area (Å²) in [7, 11) is 3.27. The molecule has 5 nitrogen and oxygen atoms in total. The molecule has 1 aliphatic heterocycles. The molecular formula is C25H20N2O3. The minimum atomic E-state index is -0.142. The molecular weight excluding hydrogens is 376 g/mol. The standard InChI is InChI=1S/C25H20N2O3/c1-29-17-12-13-22-19(14-17)20(24(28)26-22)15-21-18-10-6-7-11-23(18)27(25(21)30-2)16-8-4-3-5-9-16/h3-15H,1-2H3,(H,26,28)/b20-15+. The lowest BCUT2D eigenvalue weighted by Crippen LogP contribution is -2.03. The molecule has 30 heavy (non-hydrogen) atoms. The van der Waals surface area contributed by atoms with E-state index in [0.29, 0.717) is 17.2 Å². The number of fused-ring (bicyclic) bond motifs is 2. The molecule has 0 unspecified atom stereocenters. The van der Waals surface area contributed by atoms with Crippen molar-refractivity contribution in [3.05, 3.63) is 83.9 Å². The second kappa shape index (κ2) is 7.12. The number of methoxy groups -OCH3 is 2. The topological polar surface area (TPSA) is 52.5 Å². The fourth-order valence-electron chi connectivity index (χ4n) is 4.00. The number of aromatic nitrogens is 1. The minimum absolute atomic E-state index is 0.142. The van der Waals surface area contributed by atoms with Crippen molar-refractivity contribution in [1.29, 1.82) is 0 Å². The van der Waals surface area contributed by atoms with Gasteiger partial charge in [-0.2, -0.15) is 0 Å². The first-order valence-corrected chi connectivity index (χ1v) is 9.65. The number of benzene rings is 3. The number of hydrogen-bond acceptors (Lipinski definition) is 3. The lowest BCUT2D eigenvalue weighted by atomic mass is 10.0. The third-order valence-electron chi connectivity index (χ3n) is 5.37. The Morgan fingerprint density at radius 1 is 0.900 bits per heavy atom. The molecule has 5 rings (SSSR count). The monoisotopic (exact) mass is 396 g/mol. The Balaban J connectivity index is 1.79. The summed E-state index contributed by atoms with van der Waals surface area (Å²) >= 11 is 0. The van der Waals surface area contributed by atoms with E-state index in [2.05, 4.69) is 16.0 Å². The van der Waals surface area contributed by atoms with Crippen molar-refractivity contribution < 1.29 is 14.3 Å². The summed E-state index contributed by atoms with van der Waals surface area (Å²) in [5.74, 6) is 1.24. The van der Waals surface area contributed by atoms with E-state index in [1.54, 1.807) is 14.2 Å². The van der Waals surface area contributed by atoms with Gasteiger partial charge in [0.2, 0.25) is 5.88 Å². The number of para-hydroxylation sites is 2. The van der Waals surface area contributed by atoms with Gasteiger partial charge in [-0.05, 0) is 42.5 Å². The molecule has 1 aliphatic rings. The van der Waals surface area contributed by atoms with Crippen LogP contribution in [0.3, 0.4) is 0 Å². The van der Waals surface area contributed by atoms with E-state index in [0.717, 1.165) is 33.4 Å². The van der Waals surface area contributed by atoms with Gasteiger partial charge in [0.05, 0.1) is 19.7 Å².